The SMILES string of the molecule is COc1ccc(CC(O)c2ccc(C(=O)N(C)OC)cc2)cc1. The Labute approximate surface area is 136 Å². The maximum Gasteiger partial charge on any atom is 0.277 e. The van der Waals surface area contributed by atoms with Gasteiger partial charge >= 0.3 is 0 Å². The van der Waals surface area contributed by atoms with Crippen molar-refractivity contribution < 1.29 is 19.5 Å². The average Bonchev–Trinajstić information content (AvgIpc) is 2.61. The molecule has 5 heteroatoms. The van der Waals surface area contributed by atoms with Crippen molar-refractivity contribution in [3.8, 4) is 5.75 Å². The fourth-order valence-corrected chi connectivity index (χ4v) is 2.22. The van der Waals surface area contributed by atoms with Crippen LogP contribution in [0.4, 0.5) is 0 Å². The second-order valence-corrected chi connectivity index (χ2v) is 5.18. The maximum absolute atomic E-state index is 11.9. The zero-order valence-corrected chi connectivity index (χ0v) is 13.5. The molecule has 1 N–H and O–H groups in total. The molecular weight excluding hydrogens is 294 g/mol. The smallest absolute Gasteiger partial charge is 0.277 e. The quantitative estimate of drug-likeness (QED) is 0.833. The van der Waals surface area contributed by atoms with Gasteiger partial charge in [0.15, 0.2) is 0 Å². The molecule has 0 spiro atoms. The Morgan fingerprint density at radius 3 is 2.22 bits per heavy atom. The second-order valence-electron chi connectivity index (χ2n) is 5.18. The third-order valence-electron chi connectivity index (χ3n) is 3.69. The summed E-state index contributed by atoms with van der Waals surface area (Å²) in [7, 11) is 4.60. The lowest BCUT2D eigenvalue weighted by Crippen LogP contribution is -2.25. The standard InChI is InChI=1S/C18H21NO4/c1-19(23-3)18(21)15-8-6-14(7-9-15)17(20)12-13-4-10-16(22-2)11-5-13/h4-11,17,20H,12H2,1-3H3. The third-order valence-corrected chi connectivity index (χ3v) is 3.69. The van der Waals surface area contributed by atoms with Gasteiger partial charge < -0.3 is 9.84 Å². The highest BCUT2D eigenvalue weighted by Gasteiger charge is 2.13. The molecule has 0 aliphatic carbocycles. The number of hydroxylamine groups is 2. The molecule has 5 nitrogen and oxygen atoms in total. The molecule has 0 aliphatic rings. The van der Waals surface area contributed by atoms with Gasteiger partial charge in [-0.2, -0.15) is 0 Å². The molecular formula is C18H21NO4. The summed E-state index contributed by atoms with van der Waals surface area (Å²) in [5.41, 5.74) is 2.28. The Morgan fingerprint density at radius 2 is 1.70 bits per heavy atom. The summed E-state index contributed by atoms with van der Waals surface area (Å²) in [5.74, 6) is 0.553. The first-order valence-electron chi connectivity index (χ1n) is 7.28. The van der Waals surface area contributed by atoms with Crippen LogP contribution in [0.1, 0.15) is 27.6 Å². The van der Waals surface area contributed by atoms with E-state index in [1.165, 1.54) is 7.11 Å². The van der Waals surface area contributed by atoms with E-state index in [1.54, 1.807) is 38.4 Å². The second kappa shape index (κ2) is 7.76. The van der Waals surface area contributed by atoms with Gasteiger partial charge in [-0.25, -0.2) is 5.06 Å². The van der Waals surface area contributed by atoms with Crippen LogP contribution in [-0.4, -0.2) is 37.3 Å². The van der Waals surface area contributed by atoms with Gasteiger partial charge in [0.05, 0.1) is 20.3 Å². The zero-order valence-electron chi connectivity index (χ0n) is 13.5. The summed E-state index contributed by atoms with van der Waals surface area (Å²) in [6.07, 6.45) is -0.136. The van der Waals surface area contributed by atoms with E-state index in [0.717, 1.165) is 21.9 Å². The molecule has 0 aromatic heterocycles. The van der Waals surface area contributed by atoms with Crippen LogP contribution in [0.25, 0.3) is 0 Å². The predicted octanol–water partition coefficient (Wildman–Crippen LogP) is 2.60. The van der Waals surface area contributed by atoms with E-state index in [1.807, 2.05) is 24.3 Å². The van der Waals surface area contributed by atoms with E-state index < -0.39 is 6.10 Å². The minimum Gasteiger partial charge on any atom is -0.497 e. The number of aliphatic hydroxyl groups excluding tert-OH is 1. The first-order valence-corrected chi connectivity index (χ1v) is 7.28. The Morgan fingerprint density at radius 1 is 1.09 bits per heavy atom. The van der Waals surface area contributed by atoms with Crippen molar-refractivity contribution in [1.82, 2.24) is 5.06 Å². The summed E-state index contributed by atoms with van der Waals surface area (Å²) >= 11 is 0. The van der Waals surface area contributed by atoms with Crippen LogP contribution in [0.2, 0.25) is 0 Å². The molecule has 1 atom stereocenters. The molecule has 0 radical (unpaired) electrons. The van der Waals surface area contributed by atoms with Crippen LogP contribution in [0.5, 0.6) is 5.75 Å². The van der Waals surface area contributed by atoms with Crippen LogP contribution >= 0.6 is 0 Å². The molecule has 0 aliphatic heterocycles. The number of nitrogens with zero attached hydrogens (tertiary/aromatic N) is 1. The van der Waals surface area contributed by atoms with Gasteiger partial charge in [-0.15, -0.1) is 0 Å². The third kappa shape index (κ3) is 4.31. The van der Waals surface area contributed by atoms with Gasteiger partial charge in [-0.1, -0.05) is 24.3 Å². The zero-order chi connectivity index (χ0) is 16.8. The van der Waals surface area contributed by atoms with E-state index >= 15 is 0 Å². The van der Waals surface area contributed by atoms with Crippen LogP contribution in [0, 0.1) is 0 Å². The normalized spacial score (nSPS) is 11.8. The molecule has 23 heavy (non-hydrogen) atoms. The number of methoxy groups -OCH3 is 1. The first kappa shape index (κ1) is 17.0. The lowest BCUT2D eigenvalue weighted by Gasteiger charge is -2.15. The Bertz CT molecular complexity index is 637. The number of ether oxygens (including phenoxy) is 1. The van der Waals surface area contributed by atoms with Gasteiger partial charge in [-0.05, 0) is 35.4 Å². The molecule has 2 aromatic rings. The number of hydrogen-bond donors (Lipinski definition) is 1. The molecule has 0 saturated carbocycles. The van der Waals surface area contributed by atoms with E-state index in [0.29, 0.717) is 12.0 Å². The minimum absolute atomic E-state index is 0.233. The largest absolute Gasteiger partial charge is 0.497 e. The Balaban J connectivity index is 2.04. The first-order chi connectivity index (χ1) is 11.0. The van der Waals surface area contributed by atoms with Crippen molar-refractivity contribution in [3.63, 3.8) is 0 Å². The summed E-state index contributed by atoms with van der Waals surface area (Å²) in [6.45, 7) is 0. The fourth-order valence-electron chi connectivity index (χ4n) is 2.22. The fraction of sp³-hybridized carbons (Fsp3) is 0.278. The molecule has 1 amide bonds. The highest BCUT2D eigenvalue weighted by molar-refractivity contribution is 5.93. The van der Waals surface area contributed by atoms with Gasteiger partial charge in [0.1, 0.15) is 5.75 Å². The molecule has 0 heterocycles. The number of carbonyl (C=O) groups excluding carboxylic acids is 1. The van der Waals surface area contributed by atoms with E-state index in [4.69, 9.17) is 9.57 Å². The van der Waals surface area contributed by atoms with E-state index in [2.05, 4.69) is 0 Å². The molecule has 0 bridgehead atoms. The maximum atomic E-state index is 11.9. The molecule has 0 saturated heterocycles. The highest BCUT2D eigenvalue weighted by Crippen LogP contribution is 2.21. The van der Waals surface area contributed by atoms with E-state index in [9.17, 15) is 9.90 Å². The van der Waals surface area contributed by atoms with Gasteiger partial charge in [0, 0.05) is 19.0 Å². The molecule has 2 rings (SSSR count). The minimum atomic E-state index is -0.632. The lowest BCUT2D eigenvalue weighted by atomic mass is 10.00. The van der Waals surface area contributed by atoms with Crippen LogP contribution in [-0.2, 0) is 11.3 Å². The Hall–Kier alpha value is -2.37. The summed E-state index contributed by atoms with van der Waals surface area (Å²) in [6, 6.07) is 14.5. The molecule has 2 aromatic carbocycles. The van der Waals surface area contributed by atoms with Crippen LogP contribution in [0.3, 0.4) is 0 Å². The number of benzene rings is 2. The number of aliphatic hydroxyl groups is 1. The monoisotopic (exact) mass is 315 g/mol. The number of carbonyl (C=O) groups is 1. The molecule has 122 valence electrons. The summed E-state index contributed by atoms with van der Waals surface area (Å²) in [4.78, 5) is 16.8. The van der Waals surface area contributed by atoms with Gasteiger partial charge in [0.2, 0.25) is 0 Å². The molecule has 1 unspecified atom stereocenters. The average molecular weight is 315 g/mol. The topological polar surface area (TPSA) is 59.0 Å². The van der Waals surface area contributed by atoms with Crippen molar-refractivity contribution in [1.29, 1.82) is 0 Å². The predicted molar refractivity (Wildman–Crippen MR) is 87.2 cm³/mol. The van der Waals surface area contributed by atoms with Crippen molar-refractivity contribution in [2.24, 2.45) is 0 Å². The van der Waals surface area contributed by atoms with Gasteiger partial charge in [0.25, 0.3) is 5.91 Å². The number of amides is 1. The van der Waals surface area contributed by atoms with Crippen molar-refractivity contribution in [2.45, 2.75) is 12.5 Å². The number of rotatable bonds is 6. The van der Waals surface area contributed by atoms with Crippen LogP contribution in [0.15, 0.2) is 48.5 Å². The van der Waals surface area contributed by atoms with Gasteiger partial charge in [-0.3, -0.25) is 9.63 Å². The van der Waals surface area contributed by atoms with E-state index in [-0.39, 0.29) is 5.91 Å². The molecule has 0 fully saturated rings. The van der Waals surface area contributed by atoms with Crippen molar-refractivity contribution >= 4 is 5.91 Å². The summed E-state index contributed by atoms with van der Waals surface area (Å²) < 4.78 is 5.11. The van der Waals surface area contributed by atoms with Crippen molar-refractivity contribution in [3.05, 3.63) is 65.2 Å². The number of hydrogen-bond acceptors (Lipinski definition) is 4. The van der Waals surface area contributed by atoms with Crippen LogP contribution < -0.4 is 4.74 Å². The Kier molecular flexibility index (Phi) is 5.73. The lowest BCUT2D eigenvalue weighted by molar-refractivity contribution is -0.0757. The van der Waals surface area contributed by atoms with Crippen molar-refractivity contribution in [2.75, 3.05) is 21.3 Å². The summed E-state index contributed by atoms with van der Waals surface area (Å²) in [5, 5.41) is 11.5. The highest BCUT2D eigenvalue weighted by atomic mass is 16.7.